The minimum Gasteiger partial charge on any atom is -0.481 e. The van der Waals surface area contributed by atoms with Gasteiger partial charge in [0.2, 0.25) is 29.5 Å². The van der Waals surface area contributed by atoms with Crippen LogP contribution in [0.15, 0.2) is 24.3 Å². The number of anilines is 1. The van der Waals surface area contributed by atoms with Gasteiger partial charge in [0.25, 0.3) is 5.91 Å². The van der Waals surface area contributed by atoms with Crippen LogP contribution in [0.25, 0.3) is 0 Å². The molecule has 0 spiro atoms. The third kappa shape index (κ3) is 24.3. The molecule has 1 aliphatic carbocycles. The molecule has 372 valence electrons. The van der Waals surface area contributed by atoms with Crippen molar-refractivity contribution in [3.63, 3.8) is 0 Å². The summed E-state index contributed by atoms with van der Waals surface area (Å²) in [5.74, 6) is -5.53. The van der Waals surface area contributed by atoms with E-state index in [1.807, 2.05) is 46.9 Å². The van der Waals surface area contributed by atoms with Gasteiger partial charge in [-0.2, -0.15) is 0 Å². The van der Waals surface area contributed by atoms with Gasteiger partial charge < -0.3 is 62.6 Å². The van der Waals surface area contributed by atoms with Crippen molar-refractivity contribution in [2.45, 2.75) is 153 Å². The first-order valence-electron chi connectivity index (χ1n) is 23.2. The van der Waals surface area contributed by atoms with Crippen LogP contribution in [-0.4, -0.2) is 133 Å². The van der Waals surface area contributed by atoms with Crippen molar-refractivity contribution in [1.29, 1.82) is 0 Å². The number of ether oxygens (including phenoxy) is 2. The summed E-state index contributed by atoms with van der Waals surface area (Å²) in [5.41, 5.74) is 5.65. The van der Waals surface area contributed by atoms with E-state index in [2.05, 4.69) is 37.2 Å². The first-order chi connectivity index (χ1) is 31.2. The number of hydrogen-bond acceptors (Lipinski definition) is 12. The van der Waals surface area contributed by atoms with E-state index in [4.69, 9.17) is 15.2 Å². The highest BCUT2D eigenvalue weighted by atomic mass is 16.5. The first kappa shape index (κ1) is 56.8. The molecular formula is C46H76N8O12. The number of unbranched alkanes of at least 4 members (excludes halogenated alkanes) is 1. The average molecular weight is 933 g/mol. The Bertz CT molecular complexity index is 1720. The predicted octanol–water partition coefficient (Wildman–Crippen LogP) is 2.34. The number of carboxylic acid groups (broad SMARTS) is 2. The van der Waals surface area contributed by atoms with Crippen LogP contribution in [-0.2, 0) is 43.0 Å². The van der Waals surface area contributed by atoms with E-state index in [-0.39, 0.29) is 69.1 Å². The van der Waals surface area contributed by atoms with Gasteiger partial charge in [-0.15, -0.1) is 0 Å². The van der Waals surface area contributed by atoms with Gasteiger partial charge >= 0.3 is 11.9 Å². The van der Waals surface area contributed by atoms with E-state index < -0.39 is 65.4 Å². The fourth-order valence-corrected chi connectivity index (χ4v) is 7.15. The summed E-state index contributed by atoms with van der Waals surface area (Å²) < 4.78 is 12.1. The molecule has 0 heterocycles. The second kappa shape index (κ2) is 30.0. The topological polar surface area (TPSA) is 306 Å². The molecule has 20 nitrogen and oxygen atoms in total. The minimum atomic E-state index is -1.29. The van der Waals surface area contributed by atoms with E-state index in [1.54, 1.807) is 12.1 Å². The summed E-state index contributed by atoms with van der Waals surface area (Å²) >= 11 is 0. The SMILES string of the molecule is CNCCNc1ccc(C(=O)NCCCCC(NC(=O)CCC(C)(C)OCCC(C)(C)OCCNC(=O)C(CCC(=O)O)NC(=O)CCC(NC(=O)C2CCCCC2)C(=O)O)C(N)=O)cc1. The van der Waals surface area contributed by atoms with Crippen molar-refractivity contribution in [3.05, 3.63) is 29.8 Å². The minimum absolute atomic E-state index is 0.0471. The van der Waals surface area contributed by atoms with Crippen molar-refractivity contribution in [2.24, 2.45) is 11.7 Å². The zero-order chi connectivity index (χ0) is 49.1. The standard InChI is InChI=1S/C46H76N8O12/c1-45(2,23-22-38(56)52-34(40(47)59)13-9-10-25-50-41(60)32-14-16-33(17-15-32)49-27-26-48-5)65-29-24-46(3,4)66-30-28-51-43(62)35(19-21-39(57)58)53-37(55)20-18-36(44(63)64)54-42(61)31-11-7-6-8-12-31/h14-17,31,34-36,48-49H,6-13,18-30H2,1-5H3,(H2,47,59)(H,50,60)(H,51,62)(H,52,56)(H,53,55)(H,54,61)(H,57,58)(H,63,64). The van der Waals surface area contributed by atoms with Gasteiger partial charge in [0.1, 0.15) is 18.1 Å². The summed E-state index contributed by atoms with van der Waals surface area (Å²) in [6, 6.07) is 3.85. The second-order valence-corrected chi connectivity index (χ2v) is 18.0. The molecule has 2 rings (SSSR count). The Morgan fingerprint density at radius 1 is 0.682 bits per heavy atom. The molecule has 0 aliphatic heterocycles. The fourth-order valence-electron chi connectivity index (χ4n) is 7.15. The Morgan fingerprint density at radius 2 is 1.30 bits per heavy atom. The Kier molecular flexibility index (Phi) is 25.9. The van der Waals surface area contributed by atoms with Crippen LogP contribution in [0.3, 0.4) is 0 Å². The summed E-state index contributed by atoms with van der Waals surface area (Å²) in [5, 5.41) is 38.4. The van der Waals surface area contributed by atoms with Crippen molar-refractivity contribution >= 4 is 53.1 Å². The lowest BCUT2D eigenvalue weighted by Crippen LogP contribution is -2.49. The zero-order valence-corrected chi connectivity index (χ0v) is 39.5. The molecule has 11 N–H and O–H groups in total. The van der Waals surface area contributed by atoms with Crippen molar-refractivity contribution in [3.8, 4) is 0 Å². The van der Waals surface area contributed by atoms with Crippen molar-refractivity contribution < 1.29 is 58.0 Å². The number of aliphatic carboxylic acids is 2. The number of carboxylic acids is 2. The highest BCUT2D eigenvalue weighted by Gasteiger charge is 2.29. The summed E-state index contributed by atoms with van der Waals surface area (Å²) in [4.78, 5) is 99.0. The van der Waals surface area contributed by atoms with E-state index in [1.165, 1.54) is 0 Å². The maximum Gasteiger partial charge on any atom is 0.326 e. The monoisotopic (exact) mass is 933 g/mol. The molecule has 3 atom stereocenters. The molecule has 1 aromatic rings. The number of rotatable bonds is 34. The molecule has 0 radical (unpaired) electrons. The van der Waals surface area contributed by atoms with Crippen molar-refractivity contribution in [2.75, 3.05) is 51.8 Å². The average Bonchev–Trinajstić information content (AvgIpc) is 3.26. The van der Waals surface area contributed by atoms with Gasteiger partial charge in [-0.3, -0.25) is 33.6 Å². The number of benzene rings is 1. The van der Waals surface area contributed by atoms with E-state index in [0.29, 0.717) is 57.1 Å². The van der Waals surface area contributed by atoms with Crippen LogP contribution in [0.2, 0.25) is 0 Å². The van der Waals surface area contributed by atoms with Gasteiger partial charge in [0.15, 0.2) is 0 Å². The van der Waals surface area contributed by atoms with Crippen LogP contribution < -0.4 is 43.0 Å². The number of carbonyl (C=O) groups is 8. The van der Waals surface area contributed by atoms with Crippen molar-refractivity contribution in [1.82, 2.24) is 31.9 Å². The number of nitrogens with two attached hydrogens (primary N) is 1. The normalized spacial score (nSPS) is 14.5. The van der Waals surface area contributed by atoms with Crippen LogP contribution in [0.4, 0.5) is 5.69 Å². The summed E-state index contributed by atoms with van der Waals surface area (Å²) in [6.45, 7) is 9.78. The maximum absolute atomic E-state index is 13.0. The molecular weight excluding hydrogens is 857 g/mol. The van der Waals surface area contributed by atoms with Gasteiger partial charge in [0, 0.05) is 62.6 Å². The number of nitrogens with one attached hydrogen (secondary N) is 7. The number of amides is 6. The fraction of sp³-hybridized carbons (Fsp3) is 0.696. The first-order valence-corrected chi connectivity index (χ1v) is 23.2. The lowest BCUT2D eigenvalue weighted by Gasteiger charge is -2.30. The Balaban J connectivity index is 1.70. The number of hydrogen-bond donors (Lipinski definition) is 10. The molecule has 3 unspecified atom stereocenters. The lowest BCUT2D eigenvalue weighted by molar-refractivity contribution is -0.143. The van der Waals surface area contributed by atoms with Crippen LogP contribution >= 0.6 is 0 Å². The van der Waals surface area contributed by atoms with Crippen LogP contribution in [0, 0.1) is 5.92 Å². The molecule has 0 aromatic heterocycles. The smallest absolute Gasteiger partial charge is 0.326 e. The number of carbonyl (C=O) groups excluding carboxylic acids is 6. The van der Waals surface area contributed by atoms with E-state index in [0.717, 1.165) is 38.0 Å². The Hall–Kier alpha value is -5.34. The van der Waals surface area contributed by atoms with Gasteiger partial charge in [0.05, 0.1) is 24.4 Å². The molecule has 0 bridgehead atoms. The van der Waals surface area contributed by atoms with Crippen LogP contribution in [0.5, 0.6) is 0 Å². The molecule has 1 fully saturated rings. The molecule has 20 heteroatoms. The Labute approximate surface area is 388 Å². The maximum atomic E-state index is 13.0. The lowest BCUT2D eigenvalue weighted by atomic mass is 9.88. The van der Waals surface area contributed by atoms with Gasteiger partial charge in [-0.05, 0) is 117 Å². The number of likely N-dealkylation sites (N-methyl/N-ethyl adjacent to an activating group) is 1. The highest BCUT2D eigenvalue weighted by molar-refractivity contribution is 5.94. The van der Waals surface area contributed by atoms with Gasteiger partial charge in [-0.25, -0.2) is 4.79 Å². The molecule has 66 heavy (non-hydrogen) atoms. The molecule has 6 amide bonds. The quantitative estimate of drug-likeness (QED) is 0.0444. The van der Waals surface area contributed by atoms with E-state index >= 15 is 0 Å². The Morgan fingerprint density at radius 3 is 1.94 bits per heavy atom. The third-order valence-corrected chi connectivity index (χ3v) is 11.3. The zero-order valence-electron chi connectivity index (χ0n) is 39.5. The molecule has 1 aliphatic rings. The second-order valence-electron chi connectivity index (χ2n) is 18.0. The third-order valence-electron chi connectivity index (χ3n) is 11.3. The predicted molar refractivity (Wildman–Crippen MR) is 247 cm³/mol. The number of primary amides is 1. The largest absolute Gasteiger partial charge is 0.481 e. The molecule has 1 saturated carbocycles. The van der Waals surface area contributed by atoms with Crippen LogP contribution in [0.1, 0.15) is 134 Å². The molecule has 1 aromatic carbocycles. The van der Waals surface area contributed by atoms with Gasteiger partial charge in [-0.1, -0.05) is 19.3 Å². The molecule has 0 saturated heterocycles. The summed E-state index contributed by atoms with van der Waals surface area (Å²) in [6.07, 6.45) is 5.43. The summed E-state index contributed by atoms with van der Waals surface area (Å²) in [7, 11) is 1.87. The van der Waals surface area contributed by atoms with E-state index in [9.17, 15) is 48.6 Å². The highest BCUT2D eigenvalue weighted by Crippen LogP contribution is 2.24.